The number of hydrogen-bond donors (Lipinski definition) is 2. The maximum absolute atomic E-state index is 5.66. The van der Waals surface area contributed by atoms with Crippen LogP contribution in [0.5, 0.6) is 11.5 Å². The largest absolute Gasteiger partial charge is 0.493 e. The first-order valence-electron chi connectivity index (χ1n) is 9.65. The van der Waals surface area contributed by atoms with Crippen molar-refractivity contribution in [3.05, 3.63) is 53.6 Å². The van der Waals surface area contributed by atoms with Gasteiger partial charge in [0.25, 0.3) is 0 Å². The zero-order valence-electron chi connectivity index (χ0n) is 17.6. The van der Waals surface area contributed by atoms with Crippen molar-refractivity contribution in [2.45, 2.75) is 26.9 Å². The van der Waals surface area contributed by atoms with Crippen molar-refractivity contribution in [3.8, 4) is 11.5 Å². The van der Waals surface area contributed by atoms with E-state index in [1.807, 2.05) is 25.1 Å². The molecule has 0 spiro atoms. The second-order valence-corrected chi connectivity index (χ2v) is 6.63. The Bertz CT molecular complexity index is 775. The minimum Gasteiger partial charge on any atom is -0.493 e. The van der Waals surface area contributed by atoms with Crippen LogP contribution in [0.3, 0.4) is 0 Å². The molecule has 152 valence electrons. The molecule has 2 aromatic rings. The van der Waals surface area contributed by atoms with Gasteiger partial charge in [0.2, 0.25) is 0 Å². The van der Waals surface area contributed by atoms with Crippen LogP contribution in [0.1, 0.15) is 25.0 Å². The van der Waals surface area contributed by atoms with Crippen LogP contribution < -0.4 is 20.1 Å². The maximum atomic E-state index is 5.66. The molecular weight excluding hydrogens is 352 g/mol. The maximum Gasteiger partial charge on any atom is 0.196 e. The third kappa shape index (κ3) is 6.46. The summed E-state index contributed by atoms with van der Waals surface area (Å²) in [5, 5.41) is 6.65. The topological polar surface area (TPSA) is 58.1 Å². The molecule has 0 bridgehead atoms. The summed E-state index contributed by atoms with van der Waals surface area (Å²) in [7, 11) is 5.79. The lowest BCUT2D eigenvalue weighted by Gasteiger charge is -2.16. The van der Waals surface area contributed by atoms with E-state index in [9.17, 15) is 0 Å². The molecule has 0 saturated carbocycles. The minimum atomic E-state index is 0.580. The number of anilines is 1. The fourth-order valence-corrected chi connectivity index (χ4v) is 2.84. The molecule has 0 fully saturated rings. The predicted octanol–water partition coefficient (Wildman–Crippen LogP) is 3.73. The van der Waals surface area contributed by atoms with E-state index < -0.39 is 0 Å². The van der Waals surface area contributed by atoms with Gasteiger partial charge in [0.05, 0.1) is 20.3 Å². The SMILES string of the molecule is CCNC(=NCc1ccccc1CN(C)C)Nc1ccc(OC)c(OCC)c1. The standard InChI is InChI=1S/C22H32N4O2/c1-6-23-22(24-15-17-10-8-9-11-18(17)16-26(3)4)25-19-12-13-20(27-5)21(14-19)28-7-2/h8-14H,6-7,15-16H2,1-5H3,(H2,23,24,25). The van der Waals surface area contributed by atoms with E-state index in [1.165, 1.54) is 11.1 Å². The molecule has 2 N–H and O–H groups in total. The lowest BCUT2D eigenvalue weighted by atomic mass is 10.1. The third-order valence-corrected chi connectivity index (χ3v) is 4.08. The summed E-state index contributed by atoms with van der Waals surface area (Å²) < 4.78 is 11.0. The van der Waals surface area contributed by atoms with Gasteiger partial charge in [-0.1, -0.05) is 24.3 Å². The Balaban J connectivity index is 2.18. The zero-order chi connectivity index (χ0) is 20.4. The van der Waals surface area contributed by atoms with Gasteiger partial charge in [-0.25, -0.2) is 4.99 Å². The van der Waals surface area contributed by atoms with Crippen LogP contribution in [0.2, 0.25) is 0 Å². The van der Waals surface area contributed by atoms with Gasteiger partial charge in [0, 0.05) is 24.8 Å². The summed E-state index contributed by atoms with van der Waals surface area (Å²) >= 11 is 0. The molecule has 2 rings (SSSR count). The Morgan fingerprint density at radius 2 is 1.79 bits per heavy atom. The molecule has 6 nitrogen and oxygen atoms in total. The number of guanidine groups is 1. The van der Waals surface area contributed by atoms with E-state index >= 15 is 0 Å². The average Bonchev–Trinajstić information content (AvgIpc) is 2.67. The number of rotatable bonds is 9. The molecule has 0 heterocycles. The predicted molar refractivity (Wildman–Crippen MR) is 116 cm³/mol. The van der Waals surface area contributed by atoms with Crippen LogP contribution in [0.15, 0.2) is 47.5 Å². The first kappa shape index (κ1) is 21.6. The van der Waals surface area contributed by atoms with Crippen molar-refractivity contribution in [1.82, 2.24) is 10.2 Å². The van der Waals surface area contributed by atoms with Gasteiger partial charge in [0.15, 0.2) is 17.5 Å². The van der Waals surface area contributed by atoms with Crippen LogP contribution in [0.25, 0.3) is 0 Å². The van der Waals surface area contributed by atoms with Gasteiger partial charge in [-0.3, -0.25) is 0 Å². The summed E-state index contributed by atoms with van der Waals surface area (Å²) in [5.74, 6) is 2.16. The van der Waals surface area contributed by atoms with Gasteiger partial charge in [0.1, 0.15) is 0 Å². The average molecular weight is 385 g/mol. The lowest BCUT2D eigenvalue weighted by molar-refractivity contribution is 0.311. The van der Waals surface area contributed by atoms with Crippen molar-refractivity contribution in [3.63, 3.8) is 0 Å². The summed E-state index contributed by atoms with van der Waals surface area (Å²) in [6, 6.07) is 14.2. The molecule has 0 saturated heterocycles. The first-order valence-corrected chi connectivity index (χ1v) is 9.65. The van der Waals surface area contributed by atoms with Crippen molar-refractivity contribution < 1.29 is 9.47 Å². The van der Waals surface area contributed by atoms with Gasteiger partial charge < -0.3 is 25.0 Å². The van der Waals surface area contributed by atoms with Crippen molar-refractivity contribution in [1.29, 1.82) is 0 Å². The van der Waals surface area contributed by atoms with E-state index in [0.29, 0.717) is 24.7 Å². The van der Waals surface area contributed by atoms with E-state index in [0.717, 1.165) is 24.7 Å². The van der Waals surface area contributed by atoms with Crippen LogP contribution in [-0.2, 0) is 13.1 Å². The number of nitrogens with zero attached hydrogens (tertiary/aromatic N) is 2. The molecule has 0 aromatic heterocycles. The normalized spacial score (nSPS) is 11.4. The van der Waals surface area contributed by atoms with Gasteiger partial charge in [-0.05, 0) is 51.2 Å². The van der Waals surface area contributed by atoms with Crippen molar-refractivity contribution >= 4 is 11.6 Å². The molecule has 0 atom stereocenters. The molecule has 2 aromatic carbocycles. The third-order valence-electron chi connectivity index (χ3n) is 4.08. The number of nitrogens with one attached hydrogen (secondary N) is 2. The molecule has 0 radical (unpaired) electrons. The highest BCUT2D eigenvalue weighted by Crippen LogP contribution is 2.30. The summed E-state index contributed by atoms with van der Waals surface area (Å²) in [4.78, 5) is 6.93. The van der Waals surface area contributed by atoms with Crippen LogP contribution in [-0.4, -0.2) is 45.2 Å². The molecular formula is C22H32N4O2. The fourth-order valence-electron chi connectivity index (χ4n) is 2.84. The van der Waals surface area contributed by atoms with Crippen LogP contribution >= 0.6 is 0 Å². The fraction of sp³-hybridized carbons (Fsp3) is 0.409. The highest BCUT2D eigenvalue weighted by Gasteiger charge is 2.08. The van der Waals surface area contributed by atoms with Crippen molar-refractivity contribution in [2.24, 2.45) is 4.99 Å². The van der Waals surface area contributed by atoms with Crippen molar-refractivity contribution in [2.75, 3.05) is 39.7 Å². The summed E-state index contributed by atoms with van der Waals surface area (Å²) in [5.41, 5.74) is 3.40. The second kappa shape index (κ2) is 11.2. The number of methoxy groups -OCH3 is 1. The zero-order valence-corrected chi connectivity index (χ0v) is 17.6. The summed E-state index contributed by atoms with van der Waals surface area (Å²) in [6.07, 6.45) is 0. The Morgan fingerprint density at radius 1 is 1.04 bits per heavy atom. The number of hydrogen-bond acceptors (Lipinski definition) is 4. The monoisotopic (exact) mass is 384 g/mol. The van der Waals surface area contributed by atoms with Crippen LogP contribution in [0.4, 0.5) is 5.69 Å². The van der Waals surface area contributed by atoms with E-state index in [1.54, 1.807) is 7.11 Å². The Labute approximate surface area is 168 Å². The molecule has 0 aliphatic heterocycles. The smallest absolute Gasteiger partial charge is 0.196 e. The Hall–Kier alpha value is -2.73. The summed E-state index contributed by atoms with van der Waals surface area (Å²) in [6.45, 7) is 6.86. The Morgan fingerprint density at radius 3 is 2.43 bits per heavy atom. The number of aliphatic imine (C=N–C) groups is 1. The second-order valence-electron chi connectivity index (χ2n) is 6.63. The first-order chi connectivity index (χ1) is 13.6. The van der Waals surface area contributed by atoms with E-state index in [-0.39, 0.29) is 0 Å². The number of ether oxygens (including phenoxy) is 2. The van der Waals surface area contributed by atoms with Crippen LogP contribution in [0, 0.1) is 0 Å². The quantitative estimate of drug-likeness (QED) is 0.510. The van der Waals surface area contributed by atoms with Gasteiger partial charge >= 0.3 is 0 Å². The van der Waals surface area contributed by atoms with Gasteiger partial charge in [-0.2, -0.15) is 0 Å². The molecule has 0 aliphatic carbocycles. The minimum absolute atomic E-state index is 0.580. The molecule has 0 aliphatic rings. The van der Waals surface area contributed by atoms with Gasteiger partial charge in [-0.15, -0.1) is 0 Å². The highest BCUT2D eigenvalue weighted by molar-refractivity contribution is 5.93. The molecule has 0 unspecified atom stereocenters. The number of benzene rings is 2. The lowest BCUT2D eigenvalue weighted by Crippen LogP contribution is -2.30. The highest BCUT2D eigenvalue weighted by atomic mass is 16.5. The molecule has 0 amide bonds. The molecule has 28 heavy (non-hydrogen) atoms. The molecule has 6 heteroatoms. The van der Waals surface area contributed by atoms with E-state index in [2.05, 4.69) is 60.8 Å². The Kier molecular flexibility index (Phi) is 8.62. The van der Waals surface area contributed by atoms with E-state index in [4.69, 9.17) is 14.5 Å².